The molecule has 1 aromatic heterocycles. The Hall–Kier alpha value is 0.0500. The highest BCUT2D eigenvalue weighted by Gasteiger charge is 2.25. The normalized spacial score (nSPS) is 18.6. The van der Waals surface area contributed by atoms with Crippen LogP contribution in [-0.4, -0.2) is 39.0 Å². The van der Waals surface area contributed by atoms with Gasteiger partial charge in [-0.05, 0) is 73.4 Å². The first kappa shape index (κ1) is 16.4. The molecule has 1 N–H and O–H groups in total. The lowest BCUT2D eigenvalue weighted by molar-refractivity contribution is 0.208. The smallest absolute Gasteiger partial charge is 0.250 e. The van der Waals surface area contributed by atoms with Gasteiger partial charge in [0.2, 0.25) is 10.0 Å². The summed E-state index contributed by atoms with van der Waals surface area (Å²) in [6, 6.07) is 1.79. The van der Waals surface area contributed by atoms with Crippen molar-refractivity contribution in [3.8, 4) is 0 Å². The van der Waals surface area contributed by atoms with Crippen LogP contribution in [0, 0.1) is 6.92 Å². The Balaban J connectivity index is 1.96. The summed E-state index contributed by atoms with van der Waals surface area (Å²) >= 11 is 4.65. The van der Waals surface area contributed by atoms with Gasteiger partial charge in [-0.3, -0.25) is 0 Å². The predicted molar refractivity (Wildman–Crippen MR) is 86.8 cm³/mol. The fourth-order valence-electron chi connectivity index (χ4n) is 2.43. The number of hydrogen-bond acceptors (Lipinski definition) is 4. The van der Waals surface area contributed by atoms with Crippen molar-refractivity contribution in [2.45, 2.75) is 43.4 Å². The molecule has 0 atom stereocenters. The van der Waals surface area contributed by atoms with Crippen molar-refractivity contribution in [2.24, 2.45) is 0 Å². The zero-order valence-corrected chi connectivity index (χ0v) is 15.1. The Bertz CT molecular complexity index is 529. The number of sulfonamides is 1. The van der Waals surface area contributed by atoms with Gasteiger partial charge < -0.3 is 4.90 Å². The number of piperidine rings is 1. The van der Waals surface area contributed by atoms with Crippen LogP contribution in [0.3, 0.4) is 0 Å². The van der Waals surface area contributed by atoms with E-state index in [1.165, 1.54) is 11.3 Å². The summed E-state index contributed by atoms with van der Waals surface area (Å²) in [6.45, 7) is 7.15. The molecule has 0 spiro atoms. The first-order valence-electron chi connectivity index (χ1n) is 6.93. The number of aryl methyl sites for hydroxylation is 1. The standard InChI is InChI=1S/C13H21BrN2O2S2/c1-3-6-16-7-4-11(5-8-16)15-20(17,18)12-9-10(2)13(14)19-12/h9,11,15H,3-8H2,1-2H3. The van der Waals surface area contributed by atoms with Crippen molar-refractivity contribution in [3.63, 3.8) is 0 Å². The summed E-state index contributed by atoms with van der Waals surface area (Å²) in [5, 5.41) is 0. The fraction of sp³-hybridized carbons (Fsp3) is 0.692. The molecule has 0 bridgehead atoms. The van der Waals surface area contributed by atoms with Gasteiger partial charge in [0.05, 0.1) is 3.79 Å². The van der Waals surface area contributed by atoms with Gasteiger partial charge in [-0.25, -0.2) is 13.1 Å². The van der Waals surface area contributed by atoms with Gasteiger partial charge in [0.1, 0.15) is 4.21 Å². The van der Waals surface area contributed by atoms with E-state index < -0.39 is 10.0 Å². The van der Waals surface area contributed by atoms with E-state index in [0.29, 0.717) is 4.21 Å². The molecule has 1 aliphatic rings. The molecule has 1 fully saturated rings. The van der Waals surface area contributed by atoms with Gasteiger partial charge in [0.15, 0.2) is 0 Å². The number of rotatable bonds is 5. The van der Waals surface area contributed by atoms with Gasteiger partial charge in [-0.1, -0.05) is 6.92 Å². The minimum Gasteiger partial charge on any atom is -0.303 e. The molecule has 0 aliphatic carbocycles. The van der Waals surface area contributed by atoms with Crippen LogP contribution < -0.4 is 4.72 Å². The molecule has 0 aromatic carbocycles. The Morgan fingerprint density at radius 1 is 1.45 bits per heavy atom. The maximum Gasteiger partial charge on any atom is 0.250 e. The molecule has 2 rings (SSSR count). The number of hydrogen-bond donors (Lipinski definition) is 1. The molecule has 0 radical (unpaired) electrons. The number of thiophene rings is 1. The molecule has 0 saturated carbocycles. The van der Waals surface area contributed by atoms with E-state index in [0.717, 1.165) is 48.2 Å². The zero-order valence-electron chi connectivity index (χ0n) is 11.9. The van der Waals surface area contributed by atoms with E-state index in [-0.39, 0.29) is 6.04 Å². The van der Waals surface area contributed by atoms with Crippen LogP contribution in [0.4, 0.5) is 0 Å². The topological polar surface area (TPSA) is 49.4 Å². The summed E-state index contributed by atoms with van der Waals surface area (Å²) in [5.74, 6) is 0. The SMILES string of the molecule is CCCN1CCC(NS(=O)(=O)c2cc(C)c(Br)s2)CC1. The number of likely N-dealkylation sites (tertiary alicyclic amines) is 1. The van der Waals surface area contributed by atoms with Crippen molar-refractivity contribution in [3.05, 3.63) is 15.4 Å². The predicted octanol–water partition coefficient (Wildman–Crippen LogP) is 2.97. The Morgan fingerprint density at radius 2 is 2.10 bits per heavy atom. The maximum absolute atomic E-state index is 12.3. The molecule has 4 nitrogen and oxygen atoms in total. The third kappa shape index (κ3) is 4.04. The van der Waals surface area contributed by atoms with Gasteiger partial charge in [0, 0.05) is 6.04 Å². The molecule has 0 amide bonds. The Morgan fingerprint density at radius 3 is 2.60 bits per heavy atom. The highest BCUT2D eigenvalue weighted by Crippen LogP contribution is 2.30. The van der Waals surface area contributed by atoms with E-state index in [4.69, 9.17) is 0 Å². The van der Waals surface area contributed by atoms with Gasteiger partial charge in [-0.2, -0.15) is 0 Å². The van der Waals surface area contributed by atoms with Gasteiger partial charge >= 0.3 is 0 Å². The summed E-state index contributed by atoms with van der Waals surface area (Å²) in [6.07, 6.45) is 2.94. The summed E-state index contributed by atoms with van der Waals surface area (Å²) < 4.78 is 28.8. The number of nitrogens with one attached hydrogen (secondary N) is 1. The number of nitrogens with zero attached hydrogens (tertiary/aromatic N) is 1. The summed E-state index contributed by atoms with van der Waals surface area (Å²) in [5.41, 5.74) is 0.966. The lowest BCUT2D eigenvalue weighted by atomic mass is 10.1. The monoisotopic (exact) mass is 380 g/mol. The molecular weight excluding hydrogens is 360 g/mol. The van der Waals surface area contributed by atoms with Crippen molar-refractivity contribution in [1.29, 1.82) is 0 Å². The average molecular weight is 381 g/mol. The Kier molecular flexibility index (Phi) is 5.64. The minimum atomic E-state index is -3.37. The maximum atomic E-state index is 12.3. The van der Waals surface area contributed by atoms with Crippen LogP contribution >= 0.6 is 27.3 Å². The van der Waals surface area contributed by atoms with Gasteiger partial charge in [0.25, 0.3) is 0 Å². The fourth-order valence-corrected chi connectivity index (χ4v) is 5.98. The largest absolute Gasteiger partial charge is 0.303 e. The van der Waals surface area contributed by atoms with Crippen LogP contribution in [0.15, 0.2) is 14.1 Å². The van der Waals surface area contributed by atoms with Crippen LogP contribution in [0.1, 0.15) is 31.7 Å². The second-order valence-corrected chi connectivity index (χ2v) is 9.57. The molecule has 20 heavy (non-hydrogen) atoms. The molecule has 7 heteroatoms. The van der Waals surface area contributed by atoms with Crippen molar-refractivity contribution >= 4 is 37.3 Å². The lowest BCUT2D eigenvalue weighted by Crippen LogP contribution is -2.44. The van der Waals surface area contributed by atoms with Crippen LogP contribution in [0.2, 0.25) is 0 Å². The zero-order chi connectivity index (χ0) is 14.8. The third-order valence-electron chi connectivity index (χ3n) is 3.55. The molecule has 1 aromatic rings. The summed E-state index contributed by atoms with van der Waals surface area (Å²) in [4.78, 5) is 2.40. The van der Waals surface area contributed by atoms with E-state index in [1.54, 1.807) is 6.07 Å². The van der Waals surface area contributed by atoms with Crippen molar-refractivity contribution in [1.82, 2.24) is 9.62 Å². The molecule has 1 saturated heterocycles. The van der Waals surface area contributed by atoms with E-state index in [2.05, 4.69) is 32.5 Å². The van der Waals surface area contributed by atoms with Gasteiger partial charge in [-0.15, -0.1) is 11.3 Å². The van der Waals surface area contributed by atoms with Crippen LogP contribution in [0.25, 0.3) is 0 Å². The second kappa shape index (κ2) is 6.87. The third-order valence-corrected chi connectivity index (χ3v) is 7.68. The van der Waals surface area contributed by atoms with E-state index in [1.807, 2.05) is 6.92 Å². The molecule has 114 valence electrons. The molecular formula is C13H21BrN2O2S2. The van der Waals surface area contributed by atoms with Crippen molar-refractivity contribution < 1.29 is 8.42 Å². The second-order valence-electron chi connectivity index (χ2n) is 5.26. The highest BCUT2D eigenvalue weighted by atomic mass is 79.9. The number of halogens is 1. The quantitative estimate of drug-likeness (QED) is 0.853. The average Bonchev–Trinajstić information content (AvgIpc) is 2.73. The molecule has 1 aliphatic heterocycles. The van der Waals surface area contributed by atoms with E-state index >= 15 is 0 Å². The minimum absolute atomic E-state index is 0.0642. The highest BCUT2D eigenvalue weighted by molar-refractivity contribution is 9.11. The molecule has 2 heterocycles. The van der Waals surface area contributed by atoms with E-state index in [9.17, 15) is 8.42 Å². The van der Waals surface area contributed by atoms with Crippen LogP contribution in [-0.2, 0) is 10.0 Å². The van der Waals surface area contributed by atoms with Crippen molar-refractivity contribution in [2.75, 3.05) is 19.6 Å². The molecule has 0 unspecified atom stereocenters. The van der Waals surface area contributed by atoms with Crippen LogP contribution in [0.5, 0.6) is 0 Å². The lowest BCUT2D eigenvalue weighted by Gasteiger charge is -2.31. The Labute approximate surface area is 133 Å². The first-order valence-corrected chi connectivity index (χ1v) is 10.0. The first-order chi connectivity index (χ1) is 9.42. The summed E-state index contributed by atoms with van der Waals surface area (Å²) in [7, 11) is -3.37.